The minimum atomic E-state index is -0.387. The molecule has 0 saturated carbocycles. The highest BCUT2D eigenvalue weighted by Gasteiger charge is 2.26. The number of amides is 1. The van der Waals surface area contributed by atoms with Crippen LogP contribution >= 0.6 is 0 Å². The van der Waals surface area contributed by atoms with E-state index in [4.69, 9.17) is 0 Å². The third-order valence-electron chi connectivity index (χ3n) is 3.79. The summed E-state index contributed by atoms with van der Waals surface area (Å²) in [5.74, 6) is 0.0591. The smallest absolute Gasteiger partial charge is 0.241 e. The first-order chi connectivity index (χ1) is 9.10. The van der Waals surface area contributed by atoms with Crippen molar-refractivity contribution in [1.29, 1.82) is 0 Å². The maximum Gasteiger partial charge on any atom is 0.241 e. The van der Waals surface area contributed by atoms with E-state index in [1.807, 2.05) is 6.92 Å². The van der Waals surface area contributed by atoms with Crippen LogP contribution in [0.3, 0.4) is 0 Å². The molecule has 2 unspecified atom stereocenters. The molecule has 1 aliphatic rings. The Hall–Kier alpha value is -1.42. The van der Waals surface area contributed by atoms with Crippen molar-refractivity contribution in [3.05, 3.63) is 29.6 Å². The summed E-state index contributed by atoms with van der Waals surface area (Å²) in [6.07, 6.45) is 3.03. The highest BCUT2D eigenvalue weighted by Crippen LogP contribution is 2.21. The van der Waals surface area contributed by atoms with Gasteiger partial charge in [-0.2, -0.15) is 0 Å². The van der Waals surface area contributed by atoms with E-state index in [1.54, 1.807) is 12.1 Å². The number of carbonyl (C=O) groups excluding carboxylic acids is 1. The van der Waals surface area contributed by atoms with Gasteiger partial charge in [-0.3, -0.25) is 4.79 Å². The number of rotatable bonds is 3. The Morgan fingerprint density at radius 1 is 1.53 bits per heavy atom. The minimum absolute atomic E-state index is 0.136. The first kappa shape index (κ1) is 14.0. The van der Waals surface area contributed by atoms with Crippen LogP contribution in [0, 0.1) is 18.7 Å². The van der Waals surface area contributed by atoms with E-state index >= 15 is 0 Å². The summed E-state index contributed by atoms with van der Waals surface area (Å²) in [5, 5.41) is 5.89. The number of aryl methyl sites for hydroxylation is 1. The largest absolute Gasteiger partial charge is 0.322 e. The second-order valence-electron chi connectivity index (χ2n) is 5.28. The van der Waals surface area contributed by atoms with Crippen LogP contribution in [-0.4, -0.2) is 18.5 Å². The number of anilines is 1. The van der Waals surface area contributed by atoms with Gasteiger partial charge in [-0.25, -0.2) is 4.39 Å². The molecule has 1 aromatic rings. The number of halogens is 1. The van der Waals surface area contributed by atoms with Gasteiger partial charge in [0.2, 0.25) is 5.91 Å². The van der Waals surface area contributed by atoms with E-state index in [0.29, 0.717) is 5.92 Å². The molecule has 2 rings (SSSR count). The number of nitrogens with one attached hydrogen (secondary N) is 2. The Morgan fingerprint density at radius 2 is 2.32 bits per heavy atom. The molecule has 1 saturated heterocycles. The van der Waals surface area contributed by atoms with Crippen molar-refractivity contribution < 1.29 is 9.18 Å². The van der Waals surface area contributed by atoms with Crippen LogP contribution in [0.15, 0.2) is 18.2 Å². The zero-order valence-corrected chi connectivity index (χ0v) is 11.5. The van der Waals surface area contributed by atoms with Gasteiger partial charge in [0, 0.05) is 0 Å². The lowest BCUT2D eigenvalue weighted by Crippen LogP contribution is -2.46. The molecule has 1 amide bonds. The van der Waals surface area contributed by atoms with Gasteiger partial charge in [0.05, 0.1) is 11.7 Å². The lowest BCUT2D eigenvalue weighted by molar-refractivity contribution is -0.119. The van der Waals surface area contributed by atoms with Crippen LogP contribution in [0.2, 0.25) is 0 Å². The third kappa shape index (κ3) is 3.53. The Morgan fingerprint density at radius 3 is 3.05 bits per heavy atom. The Balaban J connectivity index is 2.02. The maximum absolute atomic E-state index is 13.6. The maximum atomic E-state index is 13.6. The van der Waals surface area contributed by atoms with Gasteiger partial charge in [0.15, 0.2) is 0 Å². The van der Waals surface area contributed by atoms with Crippen LogP contribution in [0.4, 0.5) is 10.1 Å². The van der Waals surface area contributed by atoms with Crippen molar-refractivity contribution in [2.45, 2.75) is 39.2 Å². The average Bonchev–Trinajstić information content (AvgIpc) is 2.43. The predicted octanol–water partition coefficient (Wildman–Crippen LogP) is 2.85. The highest BCUT2D eigenvalue weighted by atomic mass is 19.1. The molecule has 0 bridgehead atoms. The molecule has 2 N–H and O–H groups in total. The molecule has 0 aromatic heterocycles. The quantitative estimate of drug-likeness (QED) is 0.881. The summed E-state index contributed by atoms with van der Waals surface area (Å²) < 4.78 is 13.6. The zero-order chi connectivity index (χ0) is 13.8. The van der Waals surface area contributed by atoms with E-state index in [1.165, 1.54) is 6.07 Å². The SMILES string of the molecule is CCC1CCNC(C(=O)Nc2cc(C)ccc2F)C1. The number of carbonyl (C=O) groups is 1. The van der Waals surface area contributed by atoms with E-state index in [2.05, 4.69) is 17.6 Å². The Bertz CT molecular complexity index is 461. The van der Waals surface area contributed by atoms with Crippen molar-refractivity contribution in [1.82, 2.24) is 5.32 Å². The van der Waals surface area contributed by atoms with Crippen molar-refractivity contribution >= 4 is 11.6 Å². The molecule has 4 heteroatoms. The summed E-state index contributed by atoms with van der Waals surface area (Å²) in [6, 6.07) is 4.52. The van der Waals surface area contributed by atoms with E-state index in [-0.39, 0.29) is 23.5 Å². The van der Waals surface area contributed by atoms with E-state index in [0.717, 1.165) is 31.4 Å². The molecule has 1 heterocycles. The molecule has 1 aromatic carbocycles. The normalized spacial score (nSPS) is 23.1. The number of hydrogen-bond donors (Lipinski definition) is 2. The molecule has 0 aliphatic carbocycles. The Kier molecular flexibility index (Phi) is 4.53. The van der Waals surface area contributed by atoms with Crippen molar-refractivity contribution in [3.63, 3.8) is 0 Å². The van der Waals surface area contributed by atoms with Gasteiger partial charge in [-0.05, 0) is 49.9 Å². The molecule has 1 fully saturated rings. The number of piperidine rings is 1. The van der Waals surface area contributed by atoms with Crippen LogP contribution < -0.4 is 10.6 Å². The minimum Gasteiger partial charge on any atom is -0.322 e. The third-order valence-corrected chi connectivity index (χ3v) is 3.79. The molecule has 19 heavy (non-hydrogen) atoms. The molecular weight excluding hydrogens is 243 g/mol. The first-order valence-electron chi connectivity index (χ1n) is 6.90. The van der Waals surface area contributed by atoms with Gasteiger partial charge in [0.25, 0.3) is 0 Å². The zero-order valence-electron chi connectivity index (χ0n) is 11.5. The highest BCUT2D eigenvalue weighted by molar-refractivity contribution is 5.95. The Labute approximate surface area is 113 Å². The lowest BCUT2D eigenvalue weighted by Gasteiger charge is -2.28. The van der Waals surface area contributed by atoms with Crippen LogP contribution in [0.25, 0.3) is 0 Å². The fraction of sp³-hybridized carbons (Fsp3) is 0.533. The van der Waals surface area contributed by atoms with Gasteiger partial charge >= 0.3 is 0 Å². The van der Waals surface area contributed by atoms with E-state index in [9.17, 15) is 9.18 Å². The fourth-order valence-corrected chi connectivity index (χ4v) is 2.52. The van der Waals surface area contributed by atoms with Crippen LogP contribution in [0.1, 0.15) is 31.7 Å². The molecule has 1 aliphatic heterocycles. The summed E-state index contributed by atoms with van der Waals surface area (Å²) >= 11 is 0. The monoisotopic (exact) mass is 264 g/mol. The summed E-state index contributed by atoms with van der Waals surface area (Å²) in [5.41, 5.74) is 1.20. The summed E-state index contributed by atoms with van der Waals surface area (Å²) in [4.78, 5) is 12.2. The number of hydrogen-bond acceptors (Lipinski definition) is 2. The van der Waals surface area contributed by atoms with Crippen LogP contribution in [-0.2, 0) is 4.79 Å². The lowest BCUT2D eigenvalue weighted by atomic mass is 9.90. The summed E-state index contributed by atoms with van der Waals surface area (Å²) in [6.45, 7) is 4.87. The van der Waals surface area contributed by atoms with E-state index < -0.39 is 0 Å². The second kappa shape index (κ2) is 6.15. The molecule has 2 atom stereocenters. The topological polar surface area (TPSA) is 41.1 Å². The fourth-order valence-electron chi connectivity index (χ4n) is 2.52. The molecular formula is C15H21FN2O. The standard InChI is InChI=1S/C15H21FN2O/c1-3-11-6-7-17-14(9-11)15(19)18-13-8-10(2)4-5-12(13)16/h4-5,8,11,14,17H,3,6-7,9H2,1-2H3,(H,18,19). The van der Waals surface area contributed by atoms with Gasteiger partial charge in [0.1, 0.15) is 5.82 Å². The second-order valence-corrected chi connectivity index (χ2v) is 5.28. The van der Waals surface area contributed by atoms with Gasteiger partial charge in [-0.1, -0.05) is 19.4 Å². The van der Waals surface area contributed by atoms with Gasteiger partial charge < -0.3 is 10.6 Å². The van der Waals surface area contributed by atoms with Crippen molar-refractivity contribution in [3.8, 4) is 0 Å². The predicted molar refractivity (Wildman–Crippen MR) is 74.6 cm³/mol. The van der Waals surface area contributed by atoms with Crippen LogP contribution in [0.5, 0.6) is 0 Å². The molecule has 0 spiro atoms. The first-order valence-corrected chi connectivity index (χ1v) is 6.90. The molecule has 3 nitrogen and oxygen atoms in total. The summed E-state index contributed by atoms with van der Waals surface area (Å²) in [7, 11) is 0. The average molecular weight is 264 g/mol. The number of benzene rings is 1. The van der Waals surface area contributed by atoms with Crippen molar-refractivity contribution in [2.24, 2.45) is 5.92 Å². The van der Waals surface area contributed by atoms with Gasteiger partial charge in [-0.15, -0.1) is 0 Å². The van der Waals surface area contributed by atoms with Crippen molar-refractivity contribution in [2.75, 3.05) is 11.9 Å². The molecule has 104 valence electrons. The molecule has 0 radical (unpaired) electrons.